The molecule has 0 fully saturated rings. The molecule has 0 radical (unpaired) electrons. The highest BCUT2D eigenvalue weighted by Crippen LogP contribution is 1.86. The summed E-state index contributed by atoms with van der Waals surface area (Å²) in [5, 5.41) is 0. The fourth-order valence-electron chi connectivity index (χ4n) is 0.0833. The van der Waals surface area contributed by atoms with Gasteiger partial charge in [0.05, 0.1) is 0 Å². The summed E-state index contributed by atoms with van der Waals surface area (Å²) in [6.07, 6.45) is 6.60. The predicted molar refractivity (Wildman–Crippen MR) is 83.9 cm³/mol. The van der Waals surface area contributed by atoms with E-state index < -0.39 is 0 Å². The van der Waals surface area contributed by atoms with Crippen molar-refractivity contribution >= 4 is 0 Å². The van der Waals surface area contributed by atoms with Gasteiger partial charge in [-0.3, -0.25) is 0 Å². The van der Waals surface area contributed by atoms with Crippen molar-refractivity contribution < 1.29 is 0 Å². The molecule has 0 bridgehead atoms. The maximum Gasteiger partial charge on any atom is -0.0340 e. The van der Waals surface area contributed by atoms with Crippen LogP contribution >= 0.6 is 0 Å². The molecule has 0 aromatic carbocycles. The summed E-state index contributed by atoms with van der Waals surface area (Å²) >= 11 is 0. The lowest BCUT2D eigenvalue weighted by atomic mass is 10.3. The lowest BCUT2D eigenvalue weighted by Crippen LogP contribution is -1.55. The number of hydrogen-bond donors (Lipinski definition) is 0. The van der Waals surface area contributed by atoms with E-state index in [1.807, 2.05) is 27.7 Å². The molecule has 0 nitrogen and oxygen atoms in total. The van der Waals surface area contributed by atoms with Gasteiger partial charge < -0.3 is 0 Å². The largest absolute Gasteiger partial charge is 0.106 e. The summed E-state index contributed by atoms with van der Waals surface area (Å²) in [5.74, 6) is 0. The molecule has 0 aromatic rings. The van der Waals surface area contributed by atoms with Crippen molar-refractivity contribution in [3.63, 3.8) is 0 Å². The first-order valence-electron chi connectivity index (χ1n) is 5.40. The summed E-state index contributed by atoms with van der Waals surface area (Å²) in [5.41, 5.74) is 0.870. The van der Waals surface area contributed by atoms with Crippen molar-refractivity contribution in [1.29, 1.82) is 0 Å². The van der Waals surface area contributed by atoms with Crippen molar-refractivity contribution in [1.82, 2.24) is 0 Å². The zero-order valence-electron chi connectivity index (χ0n) is 11.8. The van der Waals surface area contributed by atoms with Crippen LogP contribution < -0.4 is 0 Å². The van der Waals surface area contributed by atoms with Crippen LogP contribution in [0, 0.1) is 0 Å². The third kappa shape index (κ3) is 138. The molecule has 0 aliphatic heterocycles. The minimum Gasteiger partial charge on any atom is -0.106 e. The highest BCUT2D eigenvalue weighted by molar-refractivity contribution is 5.22. The molecule has 0 aromatic heterocycles. The number of rotatable bonds is 3. The zero-order valence-corrected chi connectivity index (χ0v) is 11.8. The van der Waals surface area contributed by atoms with Gasteiger partial charge in [-0.25, -0.2) is 0 Å². The zero-order chi connectivity index (χ0) is 14.4. The van der Waals surface area contributed by atoms with Crippen LogP contribution in [0.25, 0.3) is 0 Å². The Kier molecular flexibility index (Phi) is 129. The third-order valence-electron chi connectivity index (χ3n) is 0.691. The first kappa shape index (κ1) is 29.3. The van der Waals surface area contributed by atoms with Crippen molar-refractivity contribution in [3.8, 4) is 0 Å². The molecular weight excluding hydrogens is 192 g/mol. The minimum atomic E-state index is 0.870. The maximum atomic E-state index is 3.56. The highest BCUT2D eigenvalue weighted by Gasteiger charge is 1.65. The summed E-state index contributed by atoms with van der Waals surface area (Å²) in [4.78, 5) is 0. The molecule has 0 heteroatoms. The second-order valence-corrected chi connectivity index (χ2v) is 1.45. The Balaban J connectivity index is -0.0000000354. The van der Waals surface area contributed by atoms with E-state index in [4.69, 9.17) is 0 Å². The maximum absolute atomic E-state index is 3.56. The Labute approximate surface area is 104 Å². The Bertz CT molecular complexity index is 133. The Hall–Kier alpha value is -1.56. The van der Waals surface area contributed by atoms with Crippen LogP contribution in [0.3, 0.4) is 0 Å². The summed E-state index contributed by atoms with van der Waals surface area (Å²) in [7, 11) is 0. The van der Waals surface area contributed by atoms with Crippen LogP contribution in [0.4, 0.5) is 0 Å². The molecule has 0 aliphatic carbocycles. The second kappa shape index (κ2) is 70.3. The summed E-state index contributed by atoms with van der Waals surface area (Å²) in [6, 6.07) is 0. The third-order valence-corrected chi connectivity index (χ3v) is 0.691. The van der Waals surface area contributed by atoms with Gasteiger partial charge in [0.15, 0.2) is 0 Å². The topological polar surface area (TPSA) is 0 Å². The molecule has 0 saturated carbocycles. The van der Waals surface area contributed by atoms with Gasteiger partial charge >= 0.3 is 0 Å². The average Bonchev–Trinajstić information content (AvgIpc) is 2.44. The van der Waals surface area contributed by atoms with Gasteiger partial charge in [0, 0.05) is 0 Å². The quantitative estimate of drug-likeness (QED) is 0.398. The molecule has 0 unspecified atom stereocenters. The normalized spacial score (nSPS) is 4.75. The molecular formula is C16H30. The molecule has 0 amide bonds. The van der Waals surface area contributed by atoms with Crippen LogP contribution in [0.15, 0.2) is 75.9 Å². The van der Waals surface area contributed by atoms with Crippen molar-refractivity contribution in [2.75, 3.05) is 0 Å². The number of hydrogen-bond acceptors (Lipinski definition) is 0. The molecule has 0 heterocycles. The van der Waals surface area contributed by atoms with Crippen molar-refractivity contribution in [3.05, 3.63) is 75.9 Å². The van der Waals surface area contributed by atoms with Gasteiger partial charge in [0.2, 0.25) is 0 Å². The summed E-state index contributed by atoms with van der Waals surface area (Å²) in [6.45, 7) is 31.2. The van der Waals surface area contributed by atoms with Gasteiger partial charge in [-0.1, -0.05) is 84.9 Å². The molecule has 0 rings (SSSR count). The Morgan fingerprint density at radius 2 is 0.875 bits per heavy atom. The second-order valence-electron chi connectivity index (χ2n) is 1.45. The first-order valence-corrected chi connectivity index (χ1v) is 5.40. The van der Waals surface area contributed by atoms with Crippen LogP contribution in [-0.2, 0) is 0 Å². The van der Waals surface area contributed by atoms with E-state index in [1.54, 1.807) is 24.3 Å². The molecule has 94 valence electrons. The molecule has 0 N–H and O–H groups in total. The standard InChI is InChI=1S/C6H8.C4H6.2C2H6.C2H4/c1-4-6(3)5-2;1-3-4-2;3*1-2/h4-5H,1-3H2;3-4H,1-2H2;2*1-2H3;1-2H2. The monoisotopic (exact) mass is 222 g/mol. The minimum absolute atomic E-state index is 0.870. The molecule has 16 heavy (non-hydrogen) atoms. The predicted octanol–water partition coefficient (Wildman–Crippen LogP) is 6.13. The van der Waals surface area contributed by atoms with Gasteiger partial charge in [0.25, 0.3) is 0 Å². The van der Waals surface area contributed by atoms with E-state index in [0.717, 1.165) is 5.57 Å². The molecule has 0 aliphatic rings. The Morgan fingerprint density at radius 3 is 0.875 bits per heavy atom. The fraction of sp³-hybridized carbons (Fsp3) is 0.250. The smallest absolute Gasteiger partial charge is 0.0340 e. The van der Waals surface area contributed by atoms with Gasteiger partial charge in [-0.15, -0.1) is 13.2 Å². The highest BCUT2D eigenvalue weighted by atomic mass is 13.7. The first-order chi connectivity index (χ1) is 7.72. The SMILES string of the molecule is C=C.C=CC(=C)C=C.C=CC=C.CC.CC. The van der Waals surface area contributed by atoms with E-state index >= 15 is 0 Å². The van der Waals surface area contributed by atoms with Gasteiger partial charge in [0.1, 0.15) is 0 Å². The van der Waals surface area contributed by atoms with Crippen molar-refractivity contribution in [2.45, 2.75) is 27.7 Å². The van der Waals surface area contributed by atoms with Crippen LogP contribution in [-0.4, -0.2) is 0 Å². The fourth-order valence-corrected chi connectivity index (χ4v) is 0.0833. The molecule has 0 spiro atoms. The lowest BCUT2D eigenvalue weighted by Gasteiger charge is -1.76. The van der Waals surface area contributed by atoms with E-state index in [2.05, 4.69) is 46.1 Å². The molecule has 0 atom stereocenters. The average molecular weight is 222 g/mol. The van der Waals surface area contributed by atoms with Crippen LogP contribution in [0.1, 0.15) is 27.7 Å². The van der Waals surface area contributed by atoms with E-state index in [9.17, 15) is 0 Å². The van der Waals surface area contributed by atoms with E-state index in [0.29, 0.717) is 0 Å². The Morgan fingerprint density at radius 1 is 0.688 bits per heavy atom. The van der Waals surface area contributed by atoms with Gasteiger partial charge in [-0.2, -0.15) is 0 Å². The summed E-state index contributed by atoms with van der Waals surface area (Å²) < 4.78 is 0. The van der Waals surface area contributed by atoms with Gasteiger partial charge in [-0.05, 0) is 5.57 Å². The van der Waals surface area contributed by atoms with Crippen LogP contribution in [0.5, 0.6) is 0 Å². The molecule has 0 saturated heterocycles. The van der Waals surface area contributed by atoms with E-state index in [-0.39, 0.29) is 0 Å². The van der Waals surface area contributed by atoms with E-state index in [1.165, 1.54) is 0 Å². The van der Waals surface area contributed by atoms with Crippen molar-refractivity contribution in [2.24, 2.45) is 0 Å². The lowest BCUT2D eigenvalue weighted by molar-refractivity contribution is 1.50. The van der Waals surface area contributed by atoms with Crippen LogP contribution in [0.2, 0.25) is 0 Å². The number of allylic oxidation sites excluding steroid dienone is 5.